The van der Waals surface area contributed by atoms with Crippen LogP contribution in [-0.4, -0.2) is 32.4 Å². The number of morpholine rings is 1. The van der Waals surface area contributed by atoms with Crippen molar-refractivity contribution in [2.75, 3.05) is 31.2 Å². The monoisotopic (exact) mass is 222 g/mol. The zero-order chi connectivity index (χ0) is 11.4. The van der Waals surface area contributed by atoms with Crippen LogP contribution in [0.15, 0.2) is 24.3 Å². The first-order chi connectivity index (χ1) is 7.77. The van der Waals surface area contributed by atoms with Crippen LogP contribution in [0.25, 0.3) is 0 Å². The Morgan fingerprint density at radius 3 is 2.69 bits per heavy atom. The van der Waals surface area contributed by atoms with E-state index >= 15 is 0 Å². The number of nitrogens with two attached hydrogens (primary N) is 1. The fourth-order valence-corrected chi connectivity index (χ4v) is 1.72. The Balaban J connectivity index is 2.20. The molecule has 5 nitrogen and oxygen atoms in total. The molecule has 1 aliphatic heterocycles. The SMILES string of the molecule is NC(=O)Oc1ccccc1N1CCOCC1. The normalized spacial score (nSPS) is 15.9. The van der Waals surface area contributed by atoms with Gasteiger partial charge in [0.1, 0.15) is 0 Å². The van der Waals surface area contributed by atoms with Gasteiger partial charge in [0, 0.05) is 13.1 Å². The highest BCUT2D eigenvalue weighted by atomic mass is 16.5. The highest BCUT2D eigenvalue weighted by Gasteiger charge is 2.15. The number of rotatable bonds is 2. The van der Waals surface area contributed by atoms with Gasteiger partial charge in [-0.15, -0.1) is 0 Å². The second-order valence-corrected chi connectivity index (χ2v) is 3.49. The number of amides is 1. The van der Waals surface area contributed by atoms with Gasteiger partial charge in [-0.25, -0.2) is 4.79 Å². The van der Waals surface area contributed by atoms with Crippen LogP contribution in [0.1, 0.15) is 0 Å². The van der Waals surface area contributed by atoms with Crippen LogP contribution in [0.2, 0.25) is 0 Å². The molecule has 0 bridgehead atoms. The molecule has 1 aromatic carbocycles. The fourth-order valence-electron chi connectivity index (χ4n) is 1.72. The molecule has 1 aromatic rings. The number of carbonyl (C=O) groups excluding carboxylic acids is 1. The third kappa shape index (κ3) is 2.43. The van der Waals surface area contributed by atoms with Crippen LogP contribution in [0.3, 0.4) is 0 Å². The average molecular weight is 222 g/mol. The van der Waals surface area contributed by atoms with Crippen LogP contribution >= 0.6 is 0 Å². The van der Waals surface area contributed by atoms with Gasteiger partial charge in [0.2, 0.25) is 0 Å². The van der Waals surface area contributed by atoms with E-state index in [0.29, 0.717) is 19.0 Å². The molecule has 0 atom stereocenters. The van der Waals surface area contributed by atoms with E-state index in [4.69, 9.17) is 15.2 Å². The van der Waals surface area contributed by atoms with Gasteiger partial charge in [0.25, 0.3) is 0 Å². The molecular weight excluding hydrogens is 208 g/mol. The molecule has 0 radical (unpaired) electrons. The summed E-state index contributed by atoms with van der Waals surface area (Å²) >= 11 is 0. The topological polar surface area (TPSA) is 64.8 Å². The van der Waals surface area contributed by atoms with E-state index < -0.39 is 6.09 Å². The number of carbonyl (C=O) groups is 1. The summed E-state index contributed by atoms with van der Waals surface area (Å²) in [6.45, 7) is 2.95. The molecule has 0 aromatic heterocycles. The van der Waals surface area contributed by atoms with E-state index in [1.807, 2.05) is 18.2 Å². The van der Waals surface area contributed by atoms with Crippen molar-refractivity contribution in [1.29, 1.82) is 0 Å². The Morgan fingerprint density at radius 1 is 1.31 bits per heavy atom. The summed E-state index contributed by atoms with van der Waals surface area (Å²) < 4.78 is 10.2. The van der Waals surface area contributed by atoms with Gasteiger partial charge in [0.15, 0.2) is 5.75 Å². The Hall–Kier alpha value is -1.75. The van der Waals surface area contributed by atoms with Crippen molar-refractivity contribution in [3.8, 4) is 5.75 Å². The maximum Gasteiger partial charge on any atom is 0.410 e. The minimum atomic E-state index is -0.791. The van der Waals surface area contributed by atoms with E-state index in [0.717, 1.165) is 18.8 Å². The first kappa shape index (κ1) is 10.8. The molecule has 2 N–H and O–H groups in total. The Morgan fingerprint density at radius 2 is 2.00 bits per heavy atom. The Labute approximate surface area is 93.7 Å². The van der Waals surface area contributed by atoms with Crippen molar-refractivity contribution in [1.82, 2.24) is 0 Å². The van der Waals surface area contributed by atoms with Crippen molar-refractivity contribution < 1.29 is 14.3 Å². The predicted molar refractivity (Wildman–Crippen MR) is 59.7 cm³/mol. The average Bonchev–Trinajstić information content (AvgIpc) is 2.30. The molecule has 16 heavy (non-hydrogen) atoms. The number of primary amides is 1. The van der Waals surface area contributed by atoms with Crippen molar-refractivity contribution >= 4 is 11.8 Å². The zero-order valence-electron chi connectivity index (χ0n) is 8.89. The first-order valence-electron chi connectivity index (χ1n) is 5.16. The van der Waals surface area contributed by atoms with Crippen LogP contribution in [-0.2, 0) is 4.74 Å². The Bertz CT molecular complexity index is 375. The highest BCUT2D eigenvalue weighted by molar-refractivity contribution is 5.72. The summed E-state index contributed by atoms with van der Waals surface area (Å²) in [5.74, 6) is 0.497. The van der Waals surface area contributed by atoms with Gasteiger partial charge in [-0.1, -0.05) is 12.1 Å². The maximum atomic E-state index is 10.8. The van der Waals surface area contributed by atoms with Gasteiger partial charge < -0.3 is 20.1 Å². The number of ether oxygens (including phenoxy) is 2. The second-order valence-electron chi connectivity index (χ2n) is 3.49. The van der Waals surface area contributed by atoms with Crippen LogP contribution in [0.4, 0.5) is 10.5 Å². The molecule has 86 valence electrons. The summed E-state index contributed by atoms with van der Waals surface area (Å²) in [6.07, 6.45) is -0.791. The van der Waals surface area contributed by atoms with Gasteiger partial charge >= 0.3 is 6.09 Å². The highest BCUT2D eigenvalue weighted by Crippen LogP contribution is 2.28. The third-order valence-electron chi connectivity index (χ3n) is 2.43. The molecule has 1 aliphatic rings. The summed E-state index contributed by atoms with van der Waals surface area (Å²) in [5, 5.41) is 0. The predicted octanol–water partition coefficient (Wildman–Crippen LogP) is 0.981. The molecule has 0 aliphatic carbocycles. The van der Waals surface area contributed by atoms with E-state index in [1.165, 1.54) is 0 Å². The molecule has 1 heterocycles. The van der Waals surface area contributed by atoms with E-state index in [9.17, 15) is 4.79 Å². The molecule has 1 fully saturated rings. The molecule has 1 saturated heterocycles. The first-order valence-corrected chi connectivity index (χ1v) is 5.16. The summed E-state index contributed by atoms with van der Waals surface area (Å²) in [7, 11) is 0. The number of para-hydroxylation sites is 2. The van der Waals surface area contributed by atoms with E-state index in [2.05, 4.69) is 4.90 Å². The lowest BCUT2D eigenvalue weighted by Gasteiger charge is -2.29. The minimum absolute atomic E-state index is 0.497. The van der Waals surface area contributed by atoms with E-state index in [1.54, 1.807) is 6.07 Å². The lowest BCUT2D eigenvalue weighted by molar-refractivity contribution is 0.122. The standard InChI is InChI=1S/C11H14N2O3/c12-11(14)16-10-4-2-1-3-9(10)13-5-7-15-8-6-13/h1-4H,5-8H2,(H2,12,14). The quantitative estimate of drug-likeness (QED) is 0.810. The maximum absolute atomic E-state index is 10.8. The van der Waals surface area contributed by atoms with Crippen molar-refractivity contribution in [3.05, 3.63) is 24.3 Å². The summed E-state index contributed by atoms with van der Waals surface area (Å²) in [4.78, 5) is 12.9. The minimum Gasteiger partial charge on any atom is -0.408 e. The molecule has 1 amide bonds. The molecule has 0 saturated carbocycles. The Kier molecular flexibility index (Phi) is 3.26. The summed E-state index contributed by atoms with van der Waals surface area (Å²) in [6, 6.07) is 7.35. The number of hydrogen-bond donors (Lipinski definition) is 1. The van der Waals surface area contributed by atoms with Crippen molar-refractivity contribution in [2.45, 2.75) is 0 Å². The third-order valence-corrected chi connectivity index (χ3v) is 2.43. The second kappa shape index (κ2) is 4.85. The lowest BCUT2D eigenvalue weighted by Crippen LogP contribution is -2.36. The molecule has 0 spiro atoms. The van der Waals surface area contributed by atoms with Gasteiger partial charge in [-0.2, -0.15) is 0 Å². The molecule has 5 heteroatoms. The van der Waals surface area contributed by atoms with Crippen molar-refractivity contribution in [3.63, 3.8) is 0 Å². The van der Waals surface area contributed by atoms with Crippen molar-refractivity contribution in [2.24, 2.45) is 5.73 Å². The van der Waals surface area contributed by atoms with E-state index in [-0.39, 0.29) is 0 Å². The smallest absolute Gasteiger partial charge is 0.408 e. The van der Waals surface area contributed by atoms with Crippen LogP contribution < -0.4 is 15.4 Å². The number of benzene rings is 1. The zero-order valence-corrected chi connectivity index (χ0v) is 8.89. The van der Waals surface area contributed by atoms with Gasteiger partial charge in [-0.05, 0) is 12.1 Å². The van der Waals surface area contributed by atoms with Crippen LogP contribution in [0.5, 0.6) is 5.75 Å². The molecule has 2 rings (SSSR count). The summed E-state index contributed by atoms with van der Waals surface area (Å²) in [5.41, 5.74) is 5.90. The number of anilines is 1. The molecule has 0 unspecified atom stereocenters. The largest absolute Gasteiger partial charge is 0.410 e. The number of hydrogen-bond acceptors (Lipinski definition) is 4. The van der Waals surface area contributed by atoms with Gasteiger partial charge in [0.05, 0.1) is 18.9 Å². The number of nitrogens with zero attached hydrogens (tertiary/aromatic N) is 1. The molecular formula is C11H14N2O3. The van der Waals surface area contributed by atoms with Crippen LogP contribution in [0, 0.1) is 0 Å². The van der Waals surface area contributed by atoms with Gasteiger partial charge in [-0.3, -0.25) is 0 Å². The fraction of sp³-hybridized carbons (Fsp3) is 0.364. The lowest BCUT2D eigenvalue weighted by atomic mass is 10.2.